The molecule has 0 aliphatic heterocycles. The summed E-state index contributed by atoms with van der Waals surface area (Å²) in [6, 6.07) is 1.07. The zero-order valence-corrected chi connectivity index (χ0v) is 12.9. The zero-order valence-electron chi connectivity index (χ0n) is 11.4. The number of hydrogen-bond donors (Lipinski definition) is 0. The molecule has 1 aromatic rings. The molecular weight excluding hydrogens is 326 g/mol. The lowest BCUT2D eigenvalue weighted by molar-refractivity contribution is 0.0491. The van der Waals surface area contributed by atoms with Crippen molar-refractivity contribution >= 4 is 25.7 Å². The van der Waals surface area contributed by atoms with Gasteiger partial charge < -0.3 is 4.74 Å². The van der Waals surface area contributed by atoms with E-state index in [4.69, 9.17) is 15.4 Å². The summed E-state index contributed by atoms with van der Waals surface area (Å²) in [5, 5.41) is 0. The first kappa shape index (κ1) is 17.8. The first-order valence-corrected chi connectivity index (χ1v) is 8.69. The van der Waals surface area contributed by atoms with E-state index in [-0.39, 0.29) is 6.61 Å². The van der Waals surface area contributed by atoms with Crippen molar-refractivity contribution in [2.24, 2.45) is 0 Å². The van der Waals surface area contributed by atoms with Gasteiger partial charge in [-0.05, 0) is 18.6 Å². The van der Waals surface area contributed by atoms with Gasteiger partial charge in [0.15, 0.2) is 11.6 Å². The molecule has 0 amide bonds. The molecule has 0 atom stereocenters. The van der Waals surface area contributed by atoms with E-state index < -0.39 is 37.1 Å². The number of ether oxygens (including phenoxy) is 1. The average Bonchev–Trinajstić information content (AvgIpc) is 2.40. The van der Waals surface area contributed by atoms with Gasteiger partial charge in [-0.15, -0.1) is 0 Å². The first-order chi connectivity index (χ1) is 9.77. The van der Waals surface area contributed by atoms with Gasteiger partial charge in [0.25, 0.3) is 9.05 Å². The van der Waals surface area contributed by atoms with E-state index in [9.17, 15) is 22.0 Å². The molecule has 0 fully saturated rings. The lowest BCUT2D eigenvalue weighted by Crippen LogP contribution is -2.11. The van der Waals surface area contributed by atoms with Crippen LogP contribution >= 0.6 is 10.7 Å². The Hall–Kier alpha value is -1.21. The van der Waals surface area contributed by atoms with E-state index in [2.05, 4.69) is 0 Å². The largest absolute Gasteiger partial charge is 0.462 e. The highest BCUT2D eigenvalue weighted by Gasteiger charge is 2.22. The minimum Gasteiger partial charge on any atom is -0.462 e. The van der Waals surface area contributed by atoms with Crippen molar-refractivity contribution in [1.82, 2.24) is 0 Å². The van der Waals surface area contributed by atoms with E-state index in [0.29, 0.717) is 18.6 Å². The average molecular weight is 341 g/mol. The van der Waals surface area contributed by atoms with Crippen LogP contribution in [0.4, 0.5) is 8.78 Å². The topological polar surface area (TPSA) is 60.4 Å². The van der Waals surface area contributed by atoms with Crippen LogP contribution in [0.1, 0.15) is 43.0 Å². The first-order valence-electron chi connectivity index (χ1n) is 6.38. The van der Waals surface area contributed by atoms with Crippen molar-refractivity contribution in [3.8, 4) is 0 Å². The Labute approximate surface area is 126 Å². The third-order valence-electron chi connectivity index (χ3n) is 2.73. The Bertz CT molecular complexity index is 617. The summed E-state index contributed by atoms with van der Waals surface area (Å²) in [7, 11) is 0.779. The molecular formula is C13H15ClF2O4S. The highest BCUT2D eigenvalue weighted by Crippen LogP contribution is 2.22. The van der Waals surface area contributed by atoms with Crippen molar-refractivity contribution in [1.29, 1.82) is 0 Å². The molecule has 1 aromatic carbocycles. The standard InChI is InChI=1S/C13H15ClF2O4S/c1-2-3-4-5-6-20-13(17)10-7-9(21(14,18)19)8-11(15)12(10)16/h7-8H,2-6H2,1H3. The molecule has 0 unspecified atom stereocenters. The predicted octanol–water partition coefficient (Wildman–Crippen LogP) is 3.63. The zero-order chi connectivity index (χ0) is 16.0. The summed E-state index contributed by atoms with van der Waals surface area (Å²) in [4.78, 5) is 11.0. The smallest absolute Gasteiger partial charge is 0.341 e. The van der Waals surface area contributed by atoms with Gasteiger partial charge in [0.2, 0.25) is 0 Å². The number of carbonyl (C=O) groups is 1. The molecule has 0 aromatic heterocycles. The van der Waals surface area contributed by atoms with Crippen LogP contribution in [0.2, 0.25) is 0 Å². The van der Waals surface area contributed by atoms with Crippen molar-refractivity contribution in [3.63, 3.8) is 0 Å². The number of esters is 1. The summed E-state index contributed by atoms with van der Waals surface area (Å²) in [6.07, 6.45) is 3.41. The maximum Gasteiger partial charge on any atom is 0.341 e. The number of carbonyl (C=O) groups excluding carboxylic acids is 1. The molecule has 0 saturated heterocycles. The monoisotopic (exact) mass is 340 g/mol. The molecule has 118 valence electrons. The quantitative estimate of drug-likeness (QED) is 0.432. The molecule has 8 heteroatoms. The fraction of sp³-hybridized carbons (Fsp3) is 0.462. The van der Waals surface area contributed by atoms with Gasteiger partial charge in [0.05, 0.1) is 17.1 Å². The van der Waals surface area contributed by atoms with E-state index in [1.54, 1.807) is 0 Å². The van der Waals surface area contributed by atoms with Gasteiger partial charge in [0.1, 0.15) is 0 Å². The minimum absolute atomic E-state index is 0.0533. The molecule has 0 saturated carbocycles. The Kier molecular flexibility index (Phi) is 6.54. The molecule has 0 radical (unpaired) electrons. The highest BCUT2D eigenvalue weighted by molar-refractivity contribution is 8.13. The number of rotatable bonds is 7. The molecule has 0 spiro atoms. The van der Waals surface area contributed by atoms with Crippen LogP contribution in [0, 0.1) is 11.6 Å². The Balaban J connectivity index is 2.86. The molecule has 4 nitrogen and oxygen atoms in total. The fourth-order valence-electron chi connectivity index (χ4n) is 1.62. The van der Waals surface area contributed by atoms with Crippen LogP contribution in [0.5, 0.6) is 0 Å². The van der Waals surface area contributed by atoms with Gasteiger partial charge >= 0.3 is 5.97 Å². The SMILES string of the molecule is CCCCCCOC(=O)c1cc(S(=O)(=O)Cl)cc(F)c1F. The lowest BCUT2D eigenvalue weighted by atomic mass is 10.2. The van der Waals surface area contributed by atoms with Crippen LogP contribution in [-0.2, 0) is 13.8 Å². The molecule has 0 aliphatic carbocycles. The fourth-order valence-corrected chi connectivity index (χ4v) is 2.40. The molecule has 21 heavy (non-hydrogen) atoms. The van der Waals surface area contributed by atoms with Gasteiger partial charge in [-0.2, -0.15) is 0 Å². The molecule has 1 rings (SSSR count). The summed E-state index contributed by atoms with van der Waals surface area (Å²) >= 11 is 0. The van der Waals surface area contributed by atoms with Crippen LogP contribution in [0.3, 0.4) is 0 Å². The van der Waals surface area contributed by atoms with Crippen LogP contribution < -0.4 is 0 Å². The van der Waals surface area contributed by atoms with Crippen molar-refractivity contribution in [2.75, 3.05) is 6.61 Å². The maximum atomic E-state index is 13.5. The third-order valence-corrected chi connectivity index (χ3v) is 4.07. The molecule has 0 N–H and O–H groups in total. The summed E-state index contributed by atoms with van der Waals surface area (Å²) < 4.78 is 53.9. The number of hydrogen-bond acceptors (Lipinski definition) is 4. The Morgan fingerprint density at radius 1 is 1.24 bits per heavy atom. The Morgan fingerprint density at radius 2 is 1.90 bits per heavy atom. The predicted molar refractivity (Wildman–Crippen MR) is 73.8 cm³/mol. The van der Waals surface area contributed by atoms with Crippen LogP contribution in [0.15, 0.2) is 17.0 Å². The van der Waals surface area contributed by atoms with E-state index in [1.807, 2.05) is 6.92 Å². The lowest BCUT2D eigenvalue weighted by Gasteiger charge is -2.07. The second-order valence-electron chi connectivity index (χ2n) is 4.40. The van der Waals surface area contributed by atoms with Crippen molar-refractivity contribution in [2.45, 2.75) is 37.5 Å². The summed E-state index contributed by atoms with van der Waals surface area (Å²) in [5.74, 6) is -4.06. The van der Waals surface area contributed by atoms with Gasteiger partial charge in [0, 0.05) is 10.7 Å². The minimum atomic E-state index is -4.27. The van der Waals surface area contributed by atoms with Crippen LogP contribution in [0.25, 0.3) is 0 Å². The summed E-state index contributed by atoms with van der Waals surface area (Å²) in [6.45, 7) is 2.07. The van der Waals surface area contributed by atoms with Gasteiger partial charge in [-0.1, -0.05) is 26.2 Å². The van der Waals surface area contributed by atoms with E-state index in [0.717, 1.165) is 19.3 Å². The second kappa shape index (κ2) is 7.70. The third kappa shape index (κ3) is 5.24. The number of unbranched alkanes of at least 4 members (excludes halogenated alkanes) is 3. The molecule has 0 heterocycles. The highest BCUT2D eigenvalue weighted by atomic mass is 35.7. The number of halogens is 3. The van der Waals surface area contributed by atoms with Crippen LogP contribution in [-0.4, -0.2) is 21.0 Å². The Morgan fingerprint density at radius 3 is 2.48 bits per heavy atom. The van der Waals surface area contributed by atoms with Crippen molar-refractivity contribution in [3.05, 3.63) is 29.3 Å². The molecule has 0 aliphatic rings. The maximum absolute atomic E-state index is 13.5. The van der Waals surface area contributed by atoms with Gasteiger partial charge in [-0.25, -0.2) is 22.0 Å². The van der Waals surface area contributed by atoms with E-state index in [1.165, 1.54) is 0 Å². The van der Waals surface area contributed by atoms with E-state index >= 15 is 0 Å². The summed E-state index contributed by atoms with van der Waals surface area (Å²) in [5.41, 5.74) is -0.787. The number of benzene rings is 1. The molecule has 0 bridgehead atoms. The van der Waals surface area contributed by atoms with Crippen molar-refractivity contribution < 1.29 is 26.7 Å². The van der Waals surface area contributed by atoms with Gasteiger partial charge in [-0.3, -0.25) is 0 Å². The normalized spacial score (nSPS) is 11.4. The second-order valence-corrected chi connectivity index (χ2v) is 6.97.